The van der Waals surface area contributed by atoms with E-state index in [0.29, 0.717) is 43.8 Å². The fourth-order valence-corrected chi connectivity index (χ4v) is 4.78. The third-order valence-corrected chi connectivity index (χ3v) is 6.54. The average molecular weight is 398 g/mol. The number of likely N-dealkylation sites (tertiary alicyclic amines) is 1. The molecule has 1 aliphatic heterocycles. The summed E-state index contributed by atoms with van der Waals surface area (Å²) in [6.07, 6.45) is 2.49. The molecule has 3 aromatic rings. The van der Waals surface area contributed by atoms with Crippen molar-refractivity contribution in [2.45, 2.75) is 39.5 Å². The molecule has 1 aromatic carbocycles. The van der Waals surface area contributed by atoms with Crippen molar-refractivity contribution in [3.05, 3.63) is 46.3 Å². The lowest BCUT2D eigenvalue weighted by molar-refractivity contribution is -0.132. The van der Waals surface area contributed by atoms with Gasteiger partial charge in [-0.25, -0.2) is 4.98 Å². The molecule has 0 saturated carbocycles. The molecule has 0 N–H and O–H groups in total. The van der Waals surface area contributed by atoms with Crippen molar-refractivity contribution in [3.8, 4) is 0 Å². The molecule has 1 fully saturated rings. The van der Waals surface area contributed by atoms with Crippen LogP contribution in [0.1, 0.15) is 46.1 Å². The summed E-state index contributed by atoms with van der Waals surface area (Å²) < 4.78 is 6.20. The van der Waals surface area contributed by atoms with Crippen molar-refractivity contribution in [3.63, 3.8) is 0 Å². The minimum Gasteiger partial charge on any atom is -0.361 e. The molecule has 1 amide bonds. The standard InChI is InChI=1S/C21H23N3O3S/c1-13-16(14(2)27-23-13)7-8-19(25)24-11-9-15(10-12-24)20(26)21-22-17-5-3-4-6-18(17)28-21/h3-6,15H,7-12H2,1-2H3. The first-order chi connectivity index (χ1) is 13.5. The van der Waals surface area contributed by atoms with Gasteiger partial charge in [0.05, 0.1) is 15.9 Å². The maximum atomic E-state index is 12.8. The highest BCUT2D eigenvalue weighted by molar-refractivity contribution is 7.20. The van der Waals surface area contributed by atoms with E-state index >= 15 is 0 Å². The molecule has 2 aromatic heterocycles. The number of hydrogen-bond acceptors (Lipinski definition) is 6. The predicted octanol–water partition coefficient (Wildman–Crippen LogP) is 3.96. The highest BCUT2D eigenvalue weighted by atomic mass is 32.1. The molecule has 28 heavy (non-hydrogen) atoms. The molecule has 146 valence electrons. The first-order valence-corrected chi connectivity index (χ1v) is 10.4. The Morgan fingerprint density at radius 3 is 2.64 bits per heavy atom. The van der Waals surface area contributed by atoms with Gasteiger partial charge in [0.1, 0.15) is 5.76 Å². The molecular formula is C21H23N3O3S. The first kappa shape index (κ1) is 18.8. The second kappa shape index (κ2) is 7.83. The molecule has 1 aliphatic rings. The largest absolute Gasteiger partial charge is 0.361 e. The number of fused-ring (bicyclic) bond motifs is 1. The molecule has 0 spiro atoms. The Morgan fingerprint density at radius 2 is 1.96 bits per heavy atom. The molecule has 0 atom stereocenters. The van der Waals surface area contributed by atoms with Gasteiger partial charge in [0.25, 0.3) is 0 Å². The number of para-hydroxylation sites is 1. The predicted molar refractivity (Wildman–Crippen MR) is 108 cm³/mol. The molecule has 0 bridgehead atoms. The number of thiazole rings is 1. The van der Waals surface area contributed by atoms with E-state index in [4.69, 9.17) is 4.52 Å². The zero-order valence-corrected chi connectivity index (χ0v) is 16.9. The summed E-state index contributed by atoms with van der Waals surface area (Å²) >= 11 is 1.46. The summed E-state index contributed by atoms with van der Waals surface area (Å²) in [7, 11) is 0. The number of carbonyl (C=O) groups excluding carboxylic acids is 2. The van der Waals surface area contributed by atoms with Crippen LogP contribution in [0.2, 0.25) is 0 Å². The monoisotopic (exact) mass is 397 g/mol. The van der Waals surface area contributed by atoms with Crippen LogP contribution in [0.15, 0.2) is 28.8 Å². The zero-order valence-electron chi connectivity index (χ0n) is 16.1. The van der Waals surface area contributed by atoms with E-state index in [1.165, 1.54) is 11.3 Å². The molecular weight excluding hydrogens is 374 g/mol. The van der Waals surface area contributed by atoms with Gasteiger partial charge in [0, 0.05) is 31.0 Å². The lowest BCUT2D eigenvalue weighted by atomic mass is 9.92. The lowest BCUT2D eigenvalue weighted by Gasteiger charge is -2.31. The third-order valence-electron chi connectivity index (χ3n) is 5.49. The molecule has 0 aliphatic carbocycles. The smallest absolute Gasteiger partial charge is 0.222 e. The minimum atomic E-state index is -0.0489. The molecule has 6 nitrogen and oxygen atoms in total. The van der Waals surface area contributed by atoms with Crippen LogP contribution in [0.3, 0.4) is 0 Å². The van der Waals surface area contributed by atoms with E-state index in [9.17, 15) is 9.59 Å². The Balaban J connectivity index is 1.32. The Bertz CT molecular complexity index is 963. The highest BCUT2D eigenvalue weighted by Crippen LogP contribution is 2.28. The van der Waals surface area contributed by atoms with Crippen LogP contribution in [0.25, 0.3) is 10.2 Å². The van der Waals surface area contributed by atoms with E-state index in [2.05, 4.69) is 10.1 Å². The number of carbonyl (C=O) groups is 2. The number of hydrogen-bond donors (Lipinski definition) is 0. The number of nitrogens with zero attached hydrogens (tertiary/aromatic N) is 3. The van der Waals surface area contributed by atoms with Gasteiger partial charge in [0.2, 0.25) is 5.91 Å². The lowest BCUT2D eigenvalue weighted by Crippen LogP contribution is -2.40. The van der Waals surface area contributed by atoms with Crippen LogP contribution in [0, 0.1) is 19.8 Å². The number of benzene rings is 1. The Labute approximate surface area is 167 Å². The van der Waals surface area contributed by atoms with Crippen LogP contribution in [-0.2, 0) is 11.2 Å². The van der Waals surface area contributed by atoms with E-state index in [1.807, 2.05) is 43.0 Å². The zero-order chi connectivity index (χ0) is 19.7. The minimum absolute atomic E-state index is 0.0489. The molecule has 4 rings (SSSR count). The van der Waals surface area contributed by atoms with Gasteiger partial charge in [-0.1, -0.05) is 17.3 Å². The van der Waals surface area contributed by atoms with Gasteiger partial charge in [-0.05, 0) is 45.2 Å². The topological polar surface area (TPSA) is 76.3 Å². The third kappa shape index (κ3) is 3.71. The fraction of sp³-hybridized carbons (Fsp3) is 0.429. The van der Waals surface area contributed by atoms with Crippen molar-refractivity contribution in [2.24, 2.45) is 5.92 Å². The Kier molecular flexibility index (Phi) is 5.26. The number of piperidine rings is 1. The summed E-state index contributed by atoms with van der Waals surface area (Å²) in [5.41, 5.74) is 2.75. The number of Topliss-reactive ketones (excluding diaryl/α,β-unsaturated/α-hetero) is 1. The highest BCUT2D eigenvalue weighted by Gasteiger charge is 2.29. The van der Waals surface area contributed by atoms with Gasteiger partial charge in [-0.3, -0.25) is 9.59 Å². The van der Waals surface area contributed by atoms with Crippen molar-refractivity contribution in [1.29, 1.82) is 0 Å². The summed E-state index contributed by atoms with van der Waals surface area (Å²) in [4.78, 5) is 31.8. The summed E-state index contributed by atoms with van der Waals surface area (Å²) in [6.45, 7) is 5.03. The van der Waals surface area contributed by atoms with Crippen LogP contribution >= 0.6 is 11.3 Å². The van der Waals surface area contributed by atoms with E-state index in [1.54, 1.807) is 0 Å². The van der Waals surface area contributed by atoms with Crippen LogP contribution in [0.4, 0.5) is 0 Å². The molecule has 3 heterocycles. The quantitative estimate of drug-likeness (QED) is 0.609. The van der Waals surface area contributed by atoms with Gasteiger partial charge in [-0.15, -0.1) is 11.3 Å². The van der Waals surface area contributed by atoms with Gasteiger partial charge in [-0.2, -0.15) is 0 Å². The van der Waals surface area contributed by atoms with E-state index in [0.717, 1.165) is 27.2 Å². The van der Waals surface area contributed by atoms with Crippen LogP contribution in [-0.4, -0.2) is 39.8 Å². The van der Waals surface area contributed by atoms with Crippen LogP contribution in [0.5, 0.6) is 0 Å². The van der Waals surface area contributed by atoms with Gasteiger partial charge >= 0.3 is 0 Å². The van der Waals surface area contributed by atoms with E-state index < -0.39 is 0 Å². The summed E-state index contributed by atoms with van der Waals surface area (Å²) in [5, 5.41) is 4.53. The number of aryl methyl sites for hydroxylation is 2. The number of aromatic nitrogens is 2. The second-order valence-electron chi connectivity index (χ2n) is 7.31. The van der Waals surface area contributed by atoms with Crippen molar-refractivity contribution < 1.29 is 14.1 Å². The fourth-order valence-electron chi connectivity index (χ4n) is 3.79. The second-order valence-corrected chi connectivity index (χ2v) is 8.34. The Morgan fingerprint density at radius 1 is 1.21 bits per heavy atom. The summed E-state index contributed by atoms with van der Waals surface area (Å²) in [5.74, 6) is 0.979. The maximum absolute atomic E-state index is 12.8. The van der Waals surface area contributed by atoms with Crippen molar-refractivity contribution in [2.75, 3.05) is 13.1 Å². The number of amides is 1. The normalized spacial score (nSPS) is 15.3. The molecule has 0 unspecified atom stereocenters. The molecule has 0 radical (unpaired) electrons. The summed E-state index contributed by atoms with van der Waals surface area (Å²) in [6, 6.07) is 7.82. The molecule has 1 saturated heterocycles. The van der Waals surface area contributed by atoms with E-state index in [-0.39, 0.29) is 17.6 Å². The van der Waals surface area contributed by atoms with Crippen molar-refractivity contribution in [1.82, 2.24) is 15.0 Å². The molecule has 7 heteroatoms. The van der Waals surface area contributed by atoms with Gasteiger partial charge < -0.3 is 9.42 Å². The SMILES string of the molecule is Cc1noc(C)c1CCC(=O)N1CCC(C(=O)c2nc3ccccc3s2)CC1. The first-order valence-electron chi connectivity index (χ1n) is 9.62. The average Bonchev–Trinajstić information content (AvgIpc) is 3.29. The number of rotatable bonds is 5. The van der Waals surface area contributed by atoms with Crippen molar-refractivity contribution >= 4 is 33.2 Å². The van der Waals surface area contributed by atoms with Crippen LogP contribution < -0.4 is 0 Å². The number of ketones is 1. The maximum Gasteiger partial charge on any atom is 0.222 e. The Hall–Kier alpha value is -2.54. The van der Waals surface area contributed by atoms with Gasteiger partial charge in [0.15, 0.2) is 10.8 Å².